The lowest BCUT2D eigenvalue weighted by Gasteiger charge is -2.11. The predicted molar refractivity (Wildman–Crippen MR) is 83.0 cm³/mol. The van der Waals surface area contributed by atoms with Crippen molar-refractivity contribution in [2.45, 2.75) is 12.8 Å². The van der Waals surface area contributed by atoms with Gasteiger partial charge < -0.3 is 0 Å². The standard InChI is InChI=1S/C16H11BrClNO/c1-10-13(3-2-4-15(10)18)16(20)14(9-19)11-5-7-12(17)8-6-11/h2-8,14H,1H3. The zero-order valence-corrected chi connectivity index (χ0v) is 13.1. The molecule has 0 N–H and O–H groups in total. The van der Waals surface area contributed by atoms with Gasteiger partial charge in [-0.1, -0.05) is 51.8 Å². The molecule has 0 heterocycles. The number of hydrogen-bond donors (Lipinski definition) is 0. The van der Waals surface area contributed by atoms with Crippen molar-refractivity contribution in [2.75, 3.05) is 0 Å². The Bertz CT molecular complexity index is 689. The Morgan fingerprint density at radius 2 is 1.90 bits per heavy atom. The van der Waals surface area contributed by atoms with Gasteiger partial charge in [0, 0.05) is 15.1 Å². The van der Waals surface area contributed by atoms with Crippen LogP contribution in [-0.2, 0) is 0 Å². The molecule has 0 spiro atoms. The molecular formula is C16H11BrClNO. The maximum Gasteiger partial charge on any atom is 0.184 e. The number of rotatable bonds is 3. The van der Waals surface area contributed by atoms with Gasteiger partial charge in [-0.15, -0.1) is 0 Å². The molecule has 0 bridgehead atoms. The Kier molecular flexibility index (Phi) is 4.59. The second kappa shape index (κ2) is 6.21. The molecular weight excluding hydrogens is 338 g/mol. The molecule has 100 valence electrons. The van der Waals surface area contributed by atoms with Gasteiger partial charge in [-0.05, 0) is 36.2 Å². The minimum absolute atomic E-state index is 0.227. The summed E-state index contributed by atoms with van der Waals surface area (Å²) in [5, 5.41) is 9.86. The average molecular weight is 349 g/mol. The highest BCUT2D eigenvalue weighted by atomic mass is 79.9. The van der Waals surface area contributed by atoms with E-state index < -0.39 is 5.92 Å². The Morgan fingerprint density at radius 3 is 2.50 bits per heavy atom. The largest absolute Gasteiger partial charge is 0.292 e. The van der Waals surface area contributed by atoms with Gasteiger partial charge in [-0.2, -0.15) is 5.26 Å². The first-order valence-electron chi connectivity index (χ1n) is 5.99. The van der Waals surface area contributed by atoms with Crippen molar-refractivity contribution in [2.24, 2.45) is 0 Å². The SMILES string of the molecule is Cc1c(Cl)cccc1C(=O)C(C#N)c1ccc(Br)cc1. The van der Waals surface area contributed by atoms with E-state index in [9.17, 15) is 10.1 Å². The van der Waals surface area contributed by atoms with Crippen LogP contribution in [0, 0.1) is 18.3 Å². The van der Waals surface area contributed by atoms with Crippen LogP contribution in [-0.4, -0.2) is 5.78 Å². The molecule has 0 saturated carbocycles. The van der Waals surface area contributed by atoms with E-state index in [4.69, 9.17) is 11.6 Å². The van der Waals surface area contributed by atoms with Crippen molar-refractivity contribution < 1.29 is 4.79 Å². The first-order valence-corrected chi connectivity index (χ1v) is 7.16. The Hall–Kier alpha value is -1.63. The molecule has 20 heavy (non-hydrogen) atoms. The minimum atomic E-state index is -0.819. The maximum absolute atomic E-state index is 12.5. The molecule has 0 saturated heterocycles. The lowest BCUT2D eigenvalue weighted by Crippen LogP contribution is -2.12. The van der Waals surface area contributed by atoms with E-state index in [1.54, 1.807) is 37.3 Å². The normalized spacial score (nSPS) is 11.7. The Morgan fingerprint density at radius 1 is 1.25 bits per heavy atom. The summed E-state index contributed by atoms with van der Waals surface area (Å²) in [6, 6.07) is 14.4. The first kappa shape index (κ1) is 14.8. The molecule has 1 atom stereocenters. The molecule has 4 heteroatoms. The molecule has 0 radical (unpaired) electrons. The molecule has 2 rings (SSSR count). The molecule has 0 aliphatic rings. The average Bonchev–Trinajstić information content (AvgIpc) is 2.44. The summed E-state index contributed by atoms with van der Waals surface area (Å²) in [4.78, 5) is 12.5. The molecule has 2 aromatic rings. The van der Waals surface area contributed by atoms with Crippen LogP contribution in [0.1, 0.15) is 27.4 Å². The second-order valence-electron chi connectivity index (χ2n) is 4.39. The van der Waals surface area contributed by atoms with Gasteiger partial charge in [0.05, 0.1) is 6.07 Å². The fraction of sp³-hybridized carbons (Fsp3) is 0.125. The van der Waals surface area contributed by atoms with Crippen molar-refractivity contribution in [3.05, 3.63) is 68.7 Å². The highest BCUT2D eigenvalue weighted by Crippen LogP contribution is 2.26. The van der Waals surface area contributed by atoms with Gasteiger partial charge in [0.1, 0.15) is 5.92 Å². The molecule has 0 aliphatic carbocycles. The van der Waals surface area contributed by atoms with E-state index in [1.807, 2.05) is 12.1 Å². The van der Waals surface area contributed by atoms with Gasteiger partial charge in [0.25, 0.3) is 0 Å². The fourth-order valence-corrected chi connectivity index (χ4v) is 2.41. The van der Waals surface area contributed by atoms with E-state index in [1.165, 1.54) is 0 Å². The number of hydrogen-bond acceptors (Lipinski definition) is 2. The number of nitrogens with zero attached hydrogens (tertiary/aromatic N) is 1. The number of carbonyl (C=O) groups excluding carboxylic acids is 1. The second-order valence-corrected chi connectivity index (χ2v) is 5.71. The predicted octanol–water partition coefficient (Wildman–Crippen LogP) is 4.90. The Labute approximate surface area is 131 Å². The molecule has 0 aromatic heterocycles. The Balaban J connectivity index is 2.42. The summed E-state index contributed by atoms with van der Waals surface area (Å²) in [7, 11) is 0. The third-order valence-electron chi connectivity index (χ3n) is 3.13. The smallest absolute Gasteiger partial charge is 0.184 e. The number of ketones is 1. The van der Waals surface area contributed by atoms with Crippen LogP contribution in [0.5, 0.6) is 0 Å². The summed E-state index contributed by atoms with van der Waals surface area (Å²) in [5.74, 6) is -1.05. The van der Waals surface area contributed by atoms with Crippen LogP contribution in [0.3, 0.4) is 0 Å². The molecule has 2 nitrogen and oxygen atoms in total. The lowest BCUT2D eigenvalue weighted by molar-refractivity contribution is 0.0978. The molecule has 2 aromatic carbocycles. The zero-order valence-electron chi connectivity index (χ0n) is 10.7. The maximum atomic E-state index is 12.5. The van der Waals surface area contributed by atoms with Crippen LogP contribution in [0.15, 0.2) is 46.9 Å². The van der Waals surface area contributed by atoms with Gasteiger partial charge in [0.15, 0.2) is 5.78 Å². The quantitative estimate of drug-likeness (QED) is 0.740. The number of nitriles is 1. The number of halogens is 2. The first-order chi connectivity index (χ1) is 9.54. The van der Waals surface area contributed by atoms with E-state index in [2.05, 4.69) is 22.0 Å². The van der Waals surface area contributed by atoms with E-state index in [-0.39, 0.29) is 5.78 Å². The number of carbonyl (C=O) groups is 1. The monoisotopic (exact) mass is 347 g/mol. The summed E-state index contributed by atoms with van der Waals surface area (Å²) >= 11 is 9.37. The molecule has 0 fully saturated rings. The topological polar surface area (TPSA) is 40.9 Å². The van der Waals surface area contributed by atoms with Crippen LogP contribution in [0.25, 0.3) is 0 Å². The van der Waals surface area contributed by atoms with E-state index in [0.29, 0.717) is 21.7 Å². The lowest BCUT2D eigenvalue weighted by atomic mass is 9.90. The summed E-state index contributed by atoms with van der Waals surface area (Å²) in [5.41, 5.74) is 1.88. The van der Waals surface area contributed by atoms with E-state index >= 15 is 0 Å². The highest BCUT2D eigenvalue weighted by molar-refractivity contribution is 9.10. The van der Waals surface area contributed by atoms with E-state index in [0.717, 1.165) is 4.47 Å². The van der Waals surface area contributed by atoms with Gasteiger partial charge in [-0.3, -0.25) is 4.79 Å². The third kappa shape index (κ3) is 2.92. The van der Waals surface area contributed by atoms with Crippen molar-refractivity contribution in [3.8, 4) is 6.07 Å². The summed E-state index contributed by atoms with van der Waals surface area (Å²) in [6.45, 7) is 1.78. The van der Waals surface area contributed by atoms with Crippen molar-refractivity contribution in [1.29, 1.82) is 5.26 Å². The van der Waals surface area contributed by atoms with Crippen LogP contribution in [0.4, 0.5) is 0 Å². The zero-order chi connectivity index (χ0) is 14.7. The van der Waals surface area contributed by atoms with Crippen molar-refractivity contribution >= 4 is 33.3 Å². The van der Waals surface area contributed by atoms with Crippen LogP contribution in [0.2, 0.25) is 5.02 Å². The van der Waals surface area contributed by atoms with Gasteiger partial charge in [-0.25, -0.2) is 0 Å². The number of Topliss-reactive ketones (excluding diaryl/α,β-unsaturated/α-hetero) is 1. The highest BCUT2D eigenvalue weighted by Gasteiger charge is 2.23. The number of benzene rings is 2. The summed E-state index contributed by atoms with van der Waals surface area (Å²) < 4.78 is 0.907. The van der Waals surface area contributed by atoms with Crippen LogP contribution < -0.4 is 0 Å². The molecule has 1 unspecified atom stereocenters. The van der Waals surface area contributed by atoms with Gasteiger partial charge >= 0.3 is 0 Å². The fourth-order valence-electron chi connectivity index (χ4n) is 1.97. The summed E-state index contributed by atoms with van der Waals surface area (Å²) in [6.07, 6.45) is 0. The minimum Gasteiger partial charge on any atom is -0.292 e. The van der Waals surface area contributed by atoms with Gasteiger partial charge in [0.2, 0.25) is 0 Å². The molecule has 0 amide bonds. The van der Waals surface area contributed by atoms with Crippen molar-refractivity contribution in [1.82, 2.24) is 0 Å². The van der Waals surface area contributed by atoms with Crippen molar-refractivity contribution in [3.63, 3.8) is 0 Å². The molecule has 0 aliphatic heterocycles. The van der Waals surface area contributed by atoms with Crippen LogP contribution >= 0.6 is 27.5 Å². The third-order valence-corrected chi connectivity index (χ3v) is 4.07.